The van der Waals surface area contributed by atoms with E-state index in [1.165, 1.54) is 12.1 Å². The molecule has 2 rings (SSSR count). The largest absolute Gasteiger partial charge is 0.389 e. The molecule has 1 unspecified atom stereocenters. The predicted molar refractivity (Wildman–Crippen MR) is 76.4 cm³/mol. The third-order valence-electron chi connectivity index (χ3n) is 2.96. The fraction of sp³-hybridized carbons (Fsp3) is 0.417. The number of halogens is 2. The van der Waals surface area contributed by atoms with Gasteiger partial charge in [0.1, 0.15) is 22.3 Å². The number of nitrogens with two attached hydrogens (primary N) is 1. The molecule has 0 aliphatic carbocycles. The summed E-state index contributed by atoms with van der Waals surface area (Å²) in [5.74, 6) is 0.545. The second-order valence-electron chi connectivity index (χ2n) is 4.27. The van der Waals surface area contributed by atoms with E-state index in [1.807, 2.05) is 6.92 Å². The minimum absolute atomic E-state index is 0.00148. The molecule has 1 fully saturated rings. The van der Waals surface area contributed by atoms with Crippen LogP contribution in [-0.4, -0.2) is 29.1 Å². The Kier molecular flexibility index (Phi) is 4.07. The lowest BCUT2D eigenvalue weighted by Crippen LogP contribution is -2.41. The van der Waals surface area contributed by atoms with Crippen LogP contribution < -0.4 is 10.6 Å². The summed E-state index contributed by atoms with van der Waals surface area (Å²) in [6.45, 7) is 2.61. The third-order valence-corrected chi connectivity index (χ3v) is 4.38. The Morgan fingerprint density at radius 2 is 2.06 bits per heavy atom. The summed E-state index contributed by atoms with van der Waals surface area (Å²) in [5.41, 5.74) is 5.64. The molecule has 0 radical (unpaired) electrons. The highest BCUT2D eigenvalue weighted by atomic mass is 32.2. The molecule has 0 spiro atoms. The molecular weight excluding hydrogens is 274 g/mol. The van der Waals surface area contributed by atoms with Crippen LogP contribution in [0.4, 0.5) is 14.5 Å². The van der Waals surface area contributed by atoms with Crippen LogP contribution in [0.25, 0.3) is 0 Å². The summed E-state index contributed by atoms with van der Waals surface area (Å²) in [4.78, 5) is 1.77. The lowest BCUT2D eigenvalue weighted by molar-refractivity contribution is 0.558. The average molecular weight is 288 g/mol. The van der Waals surface area contributed by atoms with E-state index in [4.69, 9.17) is 18.0 Å². The van der Waals surface area contributed by atoms with Crippen LogP contribution in [0, 0.1) is 11.6 Å². The van der Waals surface area contributed by atoms with E-state index in [9.17, 15) is 8.78 Å². The van der Waals surface area contributed by atoms with Crippen molar-refractivity contribution in [1.82, 2.24) is 0 Å². The molecule has 0 saturated carbocycles. The summed E-state index contributed by atoms with van der Waals surface area (Å²) in [6, 6.07) is 2.52. The van der Waals surface area contributed by atoms with Crippen molar-refractivity contribution >= 4 is 34.7 Å². The molecule has 0 aromatic heterocycles. The number of hydrogen-bond donors (Lipinski definition) is 1. The molecule has 98 valence electrons. The number of anilines is 1. The fourth-order valence-electron chi connectivity index (χ4n) is 2.04. The average Bonchev–Trinajstić information content (AvgIpc) is 2.30. The van der Waals surface area contributed by atoms with Crippen molar-refractivity contribution in [2.75, 3.05) is 23.0 Å². The first-order valence-corrected chi connectivity index (χ1v) is 7.20. The van der Waals surface area contributed by atoms with Crippen LogP contribution in [0.1, 0.15) is 12.5 Å². The van der Waals surface area contributed by atoms with E-state index in [0.29, 0.717) is 6.54 Å². The zero-order valence-electron chi connectivity index (χ0n) is 9.95. The van der Waals surface area contributed by atoms with Gasteiger partial charge in [0.25, 0.3) is 0 Å². The number of thioether (sulfide) groups is 1. The van der Waals surface area contributed by atoms with Crippen LogP contribution in [0.2, 0.25) is 0 Å². The summed E-state index contributed by atoms with van der Waals surface area (Å²) in [5, 5.41) is 0. The van der Waals surface area contributed by atoms with Crippen molar-refractivity contribution in [2.45, 2.75) is 13.0 Å². The van der Waals surface area contributed by atoms with Crippen molar-refractivity contribution in [1.29, 1.82) is 0 Å². The number of thiocarbonyl (C=S) groups is 1. The van der Waals surface area contributed by atoms with Gasteiger partial charge in [0.15, 0.2) is 0 Å². The van der Waals surface area contributed by atoms with Crippen LogP contribution in [0.5, 0.6) is 0 Å². The van der Waals surface area contributed by atoms with Crippen molar-refractivity contribution < 1.29 is 8.78 Å². The fourth-order valence-corrected chi connectivity index (χ4v) is 3.17. The van der Waals surface area contributed by atoms with Gasteiger partial charge in [-0.2, -0.15) is 11.8 Å². The summed E-state index contributed by atoms with van der Waals surface area (Å²) < 4.78 is 28.1. The zero-order valence-corrected chi connectivity index (χ0v) is 11.6. The standard InChI is InChI=1S/C12H14F2N2S2/c1-7-6-18-3-2-16(7)11-9(13)4-8(12(15)17)5-10(11)14/h4-5,7H,2-3,6H2,1H3,(H2,15,17). The van der Waals surface area contributed by atoms with Gasteiger partial charge < -0.3 is 10.6 Å². The number of hydrogen-bond acceptors (Lipinski definition) is 3. The van der Waals surface area contributed by atoms with Crippen molar-refractivity contribution in [3.05, 3.63) is 29.3 Å². The normalized spacial score (nSPS) is 19.9. The molecule has 1 saturated heterocycles. The van der Waals surface area contributed by atoms with Gasteiger partial charge >= 0.3 is 0 Å². The number of rotatable bonds is 2. The van der Waals surface area contributed by atoms with Crippen molar-refractivity contribution in [3.63, 3.8) is 0 Å². The maximum atomic E-state index is 14.0. The second-order valence-corrected chi connectivity index (χ2v) is 5.86. The van der Waals surface area contributed by atoms with Crippen molar-refractivity contribution in [3.8, 4) is 0 Å². The van der Waals surface area contributed by atoms with Gasteiger partial charge in [-0.15, -0.1) is 0 Å². The van der Waals surface area contributed by atoms with E-state index in [0.717, 1.165) is 11.5 Å². The lowest BCUT2D eigenvalue weighted by atomic mass is 10.1. The van der Waals surface area contributed by atoms with Gasteiger partial charge in [-0.25, -0.2) is 8.78 Å². The van der Waals surface area contributed by atoms with Crippen LogP contribution in [0.3, 0.4) is 0 Å². The Labute approximate surface area is 115 Å². The van der Waals surface area contributed by atoms with Crippen molar-refractivity contribution in [2.24, 2.45) is 5.73 Å². The maximum absolute atomic E-state index is 14.0. The molecule has 1 aliphatic rings. The SMILES string of the molecule is CC1CSCCN1c1c(F)cc(C(N)=S)cc1F. The Balaban J connectivity index is 2.41. The zero-order chi connectivity index (χ0) is 13.3. The smallest absolute Gasteiger partial charge is 0.150 e. The number of nitrogens with zero attached hydrogens (tertiary/aromatic N) is 1. The topological polar surface area (TPSA) is 29.3 Å². The van der Waals surface area contributed by atoms with Crippen LogP contribution in [-0.2, 0) is 0 Å². The second kappa shape index (κ2) is 5.40. The van der Waals surface area contributed by atoms with Crippen LogP contribution >= 0.6 is 24.0 Å². The number of benzene rings is 1. The molecule has 2 nitrogen and oxygen atoms in total. The third kappa shape index (κ3) is 2.59. The van der Waals surface area contributed by atoms with E-state index in [2.05, 4.69) is 0 Å². The summed E-state index contributed by atoms with van der Waals surface area (Å²) in [7, 11) is 0. The minimum atomic E-state index is -0.600. The molecule has 0 bridgehead atoms. The van der Waals surface area contributed by atoms with Crippen LogP contribution in [0.15, 0.2) is 12.1 Å². The first kappa shape index (κ1) is 13.5. The molecule has 18 heavy (non-hydrogen) atoms. The summed E-state index contributed by atoms with van der Waals surface area (Å²) in [6.07, 6.45) is 0. The molecule has 0 amide bonds. The molecule has 1 aromatic carbocycles. The van der Waals surface area contributed by atoms with E-state index < -0.39 is 11.6 Å². The first-order chi connectivity index (χ1) is 8.50. The molecule has 6 heteroatoms. The Morgan fingerprint density at radius 1 is 1.44 bits per heavy atom. The van der Waals surface area contributed by atoms with Gasteiger partial charge in [0.2, 0.25) is 0 Å². The Hall–Kier alpha value is -0.880. The Morgan fingerprint density at radius 3 is 2.56 bits per heavy atom. The quantitative estimate of drug-likeness (QED) is 0.847. The first-order valence-electron chi connectivity index (χ1n) is 5.64. The van der Waals surface area contributed by atoms with E-state index in [1.54, 1.807) is 16.7 Å². The maximum Gasteiger partial charge on any atom is 0.150 e. The molecule has 1 heterocycles. The molecule has 1 atom stereocenters. The highest BCUT2D eigenvalue weighted by molar-refractivity contribution is 7.99. The van der Waals surface area contributed by atoms with Gasteiger partial charge in [-0.1, -0.05) is 12.2 Å². The van der Waals surface area contributed by atoms with Gasteiger partial charge in [-0.3, -0.25) is 0 Å². The minimum Gasteiger partial charge on any atom is -0.389 e. The highest BCUT2D eigenvalue weighted by Gasteiger charge is 2.25. The van der Waals surface area contributed by atoms with Gasteiger partial charge in [0.05, 0.1) is 0 Å². The highest BCUT2D eigenvalue weighted by Crippen LogP contribution is 2.30. The molecule has 1 aliphatic heterocycles. The van der Waals surface area contributed by atoms with E-state index >= 15 is 0 Å². The van der Waals surface area contributed by atoms with Gasteiger partial charge in [0, 0.05) is 29.7 Å². The van der Waals surface area contributed by atoms with Gasteiger partial charge in [-0.05, 0) is 19.1 Å². The lowest BCUT2D eigenvalue weighted by Gasteiger charge is -2.35. The molecule has 1 aromatic rings. The predicted octanol–water partition coefficient (Wildman–Crippen LogP) is 2.54. The summed E-state index contributed by atoms with van der Waals surface area (Å²) >= 11 is 6.53. The molecule has 2 N–H and O–H groups in total. The monoisotopic (exact) mass is 288 g/mol. The Bertz CT molecular complexity index is 456. The van der Waals surface area contributed by atoms with E-state index in [-0.39, 0.29) is 22.3 Å². The molecular formula is C12H14F2N2S2.